The van der Waals surface area contributed by atoms with Crippen LogP contribution in [-0.2, 0) is 4.79 Å². The van der Waals surface area contributed by atoms with Gasteiger partial charge in [-0.3, -0.25) is 4.79 Å². The summed E-state index contributed by atoms with van der Waals surface area (Å²) in [7, 11) is 0. The lowest BCUT2D eigenvalue weighted by molar-refractivity contribution is -0.131. The van der Waals surface area contributed by atoms with Gasteiger partial charge >= 0.3 is 0 Å². The molecule has 0 spiro atoms. The van der Waals surface area contributed by atoms with Crippen LogP contribution in [0.2, 0.25) is 0 Å². The summed E-state index contributed by atoms with van der Waals surface area (Å²) >= 11 is 5.76. The summed E-state index contributed by atoms with van der Waals surface area (Å²) in [6.45, 7) is 1.92. The molecule has 1 heterocycles. The SMILES string of the molecule is O=C(CC1CCCCC1)N1CCC(CCCl)C1. The van der Waals surface area contributed by atoms with Crippen LogP contribution in [-0.4, -0.2) is 29.8 Å². The number of halogens is 1. The fourth-order valence-corrected chi connectivity index (χ4v) is 3.53. The molecule has 1 unspecified atom stereocenters. The van der Waals surface area contributed by atoms with E-state index in [1.165, 1.54) is 32.1 Å². The largest absolute Gasteiger partial charge is 0.342 e. The Morgan fingerprint density at radius 1 is 1.12 bits per heavy atom. The fraction of sp³-hybridized carbons (Fsp3) is 0.929. The predicted molar refractivity (Wildman–Crippen MR) is 71.2 cm³/mol. The molecule has 0 bridgehead atoms. The second-order valence-corrected chi connectivity index (χ2v) is 6.06. The first-order valence-electron chi connectivity index (χ1n) is 7.13. The van der Waals surface area contributed by atoms with Crippen LogP contribution in [0.5, 0.6) is 0 Å². The monoisotopic (exact) mass is 257 g/mol. The van der Waals surface area contributed by atoms with Gasteiger partial charge in [0.25, 0.3) is 0 Å². The molecule has 98 valence electrons. The van der Waals surface area contributed by atoms with Crippen molar-refractivity contribution in [2.75, 3.05) is 19.0 Å². The van der Waals surface area contributed by atoms with Crippen molar-refractivity contribution in [3.05, 3.63) is 0 Å². The number of amides is 1. The van der Waals surface area contributed by atoms with Gasteiger partial charge in [0.2, 0.25) is 5.91 Å². The van der Waals surface area contributed by atoms with E-state index in [2.05, 4.69) is 4.90 Å². The van der Waals surface area contributed by atoms with Gasteiger partial charge in [-0.15, -0.1) is 11.6 Å². The second kappa shape index (κ2) is 6.63. The van der Waals surface area contributed by atoms with Crippen LogP contribution in [0.3, 0.4) is 0 Å². The zero-order valence-corrected chi connectivity index (χ0v) is 11.4. The highest BCUT2D eigenvalue weighted by Gasteiger charge is 2.27. The summed E-state index contributed by atoms with van der Waals surface area (Å²) in [6, 6.07) is 0. The Morgan fingerprint density at radius 3 is 2.59 bits per heavy atom. The van der Waals surface area contributed by atoms with Gasteiger partial charge < -0.3 is 4.90 Å². The van der Waals surface area contributed by atoms with E-state index in [0.29, 0.717) is 17.7 Å². The van der Waals surface area contributed by atoms with Crippen LogP contribution >= 0.6 is 11.6 Å². The Hall–Kier alpha value is -0.240. The highest BCUT2D eigenvalue weighted by Crippen LogP contribution is 2.28. The van der Waals surface area contributed by atoms with E-state index in [1.54, 1.807) is 0 Å². The van der Waals surface area contributed by atoms with Crippen LogP contribution in [0, 0.1) is 11.8 Å². The molecule has 1 aliphatic heterocycles. The molecule has 1 saturated carbocycles. The lowest BCUT2D eigenvalue weighted by atomic mass is 9.87. The van der Waals surface area contributed by atoms with Crippen molar-refractivity contribution < 1.29 is 4.79 Å². The standard InChI is InChI=1S/C14H24ClNO/c15-8-6-13-7-9-16(11-13)14(17)10-12-4-2-1-3-5-12/h12-13H,1-11H2. The third-order valence-corrected chi connectivity index (χ3v) is 4.56. The molecule has 1 atom stereocenters. The van der Waals surface area contributed by atoms with Gasteiger partial charge in [-0.05, 0) is 37.5 Å². The van der Waals surface area contributed by atoms with Gasteiger partial charge in [-0.1, -0.05) is 19.3 Å². The molecule has 0 radical (unpaired) electrons. The Kier molecular flexibility index (Phi) is 5.15. The van der Waals surface area contributed by atoms with Crippen molar-refractivity contribution in [2.45, 2.75) is 51.4 Å². The van der Waals surface area contributed by atoms with Crippen LogP contribution in [0.15, 0.2) is 0 Å². The average molecular weight is 258 g/mol. The molecule has 17 heavy (non-hydrogen) atoms. The van der Waals surface area contributed by atoms with E-state index in [-0.39, 0.29) is 0 Å². The van der Waals surface area contributed by atoms with Crippen molar-refractivity contribution in [3.63, 3.8) is 0 Å². The first-order chi connectivity index (χ1) is 8.29. The Balaban J connectivity index is 1.72. The molecule has 1 amide bonds. The first kappa shape index (κ1) is 13.2. The van der Waals surface area contributed by atoms with Gasteiger partial charge in [-0.2, -0.15) is 0 Å². The van der Waals surface area contributed by atoms with Gasteiger partial charge in [0.15, 0.2) is 0 Å². The minimum absolute atomic E-state index is 0.397. The van der Waals surface area contributed by atoms with Crippen LogP contribution in [0.25, 0.3) is 0 Å². The molecule has 0 aromatic carbocycles. The smallest absolute Gasteiger partial charge is 0.222 e. The molecule has 1 saturated heterocycles. The number of carbonyl (C=O) groups is 1. The molecular weight excluding hydrogens is 234 g/mol. The number of rotatable bonds is 4. The summed E-state index contributed by atoms with van der Waals surface area (Å²) < 4.78 is 0. The second-order valence-electron chi connectivity index (χ2n) is 5.68. The molecule has 2 nitrogen and oxygen atoms in total. The number of carbonyl (C=O) groups excluding carboxylic acids is 1. The molecule has 0 N–H and O–H groups in total. The maximum Gasteiger partial charge on any atom is 0.222 e. The van der Waals surface area contributed by atoms with E-state index in [1.807, 2.05) is 0 Å². The normalized spacial score (nSPS) is 26.4. The summed E-state index contributed by atoms with van der Waals surface area (Å²) in [5.74, 6) is 2.45. The van der Waals surface area contributed by atoms with E-state index < -0.39 is 0 Å². The number of nitrogens with zero attached hydrogens (tertiary/aromatic N) is 1. The van der Waals surface area contributed by atoms with Gasteiger partial charge in [0.1, 0.15) is 0 Å². The van der Waals surface area contributed by atoms with Crippen LogP contribution < -0.4 is 0 Å². The molecule has 2 fully saturated rings. The van der Waals surface area contributed by atoms with Crippen molar-refractivity contribution in [2.24, 2.45) is 11.8 Å². The van der Waals surface area contributed by atoms with E-state index in [4.69, 9.17) is 11.6 Å². The molecule has 2 aliphatic rings. The third kappa shape index (κ3) is 3.87. The van der Waals surface area contributed by atoms with Crippen LogP contribution in [0.1, 0.15) is 51.4 Å². The lowest BCUT2D eigenvalue weighted by Crippen LogP contribution is -2.30. The topological polar surface area (TPSA) is 20.3 Å². The number of alkyl halides is 1. The Morgan fingerprint density at radius 2 is 1.88 bits per heavy atom. The van der Waals surface area contributed by atoms with E-state index >= 15 is 0 Å². The van der Waals surface area contributed by atoms with Gasteiger partial charge in [0.05, 0.1) is 0 Å². The van der Waals surface area contributed by atoms with Crippen LogP contribution in [0.4, 0.5) is 0 Å². The number of hydrogen-bond acceptors (Lipinski definition) is 1. The number of likely N-dealkylation sites (tertiary alicyclic amines) is 1. The lowest BCUT2D eigenvalue weighted by Gasteiger charge is -2.24. The summed E-state index contributed by atoms with van der Waals surface area (Å²) in [6.07, 6.45) is 9.58. The molecule has 2 rings (SSSR count). The summed E-state index contributed by atoms with van der Waals surface area (Å²) in [5.41, 5.74) is 0. The Labute approximate surface area is 110 Å². The minimum Gasteiger partial charge on any atom is -0.342 e. The number of hydrogen-bond donors (Lipinski definition) is 0. The zero-order valence-electron chi connectivity index (χ0n) is 10.7. The van der Waals surface area contributed by atoms with Crippen molar-refractivity contribution in [3.8, 4) is 0 Å². The average Bonchev–Trinajstić information content (AvgIpc) is 2.79. The molecule has 0 aromatic rings. The first-order valence-corrected chi connectivity index (χ1v) is 7.67. The summed E-state index contributed by atoms with van der Waals surface area (Å²) in [5, 5.41) is 0. The fourth-order valence-electron chi connectivity index (χ4n) is 3.22. The summed E-state index contributed by atoms with van der Waals surface area (Å²) in [4.78, 5) is 14.2. The maximum atomic E-state index is 12.2. The quantitative estimate of drug-likeness (QED) is 0.707. The molecule has 1 aliphatic carbocycles. The van der Waals surface area contributed by atoms with Gasteiger partial charge in [-0.25, -0.2) is 0 Å². The van der Waals surface area contributed by atoms with E-state index in [0.717, 1.165) is 38.2 Å². The Bertz CT molecular complexity index is 251. The predicted octanol–water partition coefficient (Wildman–Crippen LogP) is 3.43. The van der Waals surface area contributed by atoms with Gasteiger partial charge in [0, 0.05) is 25.4 Å². The molecular formula is C14H24ClNO. The molecule has 3 heteroatoms. The zero-order chi connectivity index (χ0) is 12.1. The highest BCUT2D eigenvalue weighted by atomic mass is 35.5. The van der Waals surface area contributed by atoms with Crippen molar-refractivity contribution in [1.29, 1.82) is 0 Å². The van der Waals surface area contributed by atoms with Crippen molar-refractivity contribution in [1.82, 2.24) is 4.90 Å². The molecule has 0 aromatic heterocycles. The maximum absolute atomic E-state index is 12.2. The third-order valence-electron chi connectivity index (χ3n) is 4.34. The van der Waals surface area contributed by atoms with E-state index in [9.17, 15) is 4.79 Å². The highest BCUT2D eigenvalue weighted by molar-refractivity contribution is 6.17. The minimum atomic E-state index is 0.397. The van der Waals surface area contributed by atoms with Crippen molar-refractivity contribution >= 4 is 17.5 Å².